The molecule has 2 amide bonds. The summed E-state index contributed by atoms with van der Waals surface area (Å²) in [5, 5.41) is 2.02. The van der Waals surface area contributed by atoms with Crippen LogP contribution in [-0.2, 0) is 5.75 Å². The number of thiazole rings is 1. The van der Waals surface area contributed by atoms with Gasteiger partial charge in [0.25, 0.3) is 11.8 Å². The van der Waals surface area contributed by atoms with Crippen LogP contribution in [0.15, 0.2) is 50.7 Å². The van der Waals surface area contributed by atoms with E-state index in [1.54, 1.807) is 47.5 Å². The number of rotatable bonds is 5. The first-order valence-corrected chi connectivity index (χ1v) is 10.3. The van der Waals surface area contributed by atoms with Crippen LogP contribution in [0.2, 0.25) is 0 Å². The molecule has 1 aromatic carbocycles. The highest BCUT2D eigenvalue weighted by Gasteiger charge is 2.10. The summed E-state index contributed by atoms with van der Waals surface area (Å²) in [5.74, 6) is -0.0117. The highest BCUT2D eigenvalue weighted by molar-refractivity contribution is 9.10. The predicted molar refractivity (Wildman–Crippen MR) is 106 cm³/mol. The maximum Gasteiger partial charge on any atom is 0.286 e. The monoisotopic (exact) mass is 450 g/mol. The van der Waals surface area contributed by atoms with Gasteiger partial charge in [-0.3, -0.25) is 20.4 Å². The van der Waals surface area contributed by atoms with Crippen LogP contribution in [0.3, 0.4) is 0 Å². The number of hydrogen-bond acceptors (Lipinski definition) is 5. The van der Waals surface area contributed by atoms with Crippen LogP contribution in [-0.4, -0.2) is 21.8 Å². The minimum Gasteiger partial charge on any atom is -0.356 e. The topological polar surface area (TPSA) is 86.9 Å². The SMILES string of the molecule is Cc1csc(SCc2ccc(C(=O)NNC(=O)c3cc(Br)c[nH]3)cc2)n1. The first kappa shape index (κ1) is 18.7. The fraction of sp³-hybridized carbons (Fsp3) is 0.118. The second kappa shape index (κ2) is 8.52. The highest BCUT2D eigenvalue weighted by atomic mass is 79.9. The molecule has 0 aliphatic carbocycles. The summed E-state index contributed by atoms with van der Waals surface area (Å²) in [6, 6.07) is 8.88. The molecule has 6 nitrogen and oxygen atoms in total. The third-order valence-corrected chi connectivity index (χ3v) is 6.03. The van der Waals surface area contributed by atoms with Gasteiger partial charge in [-0.05, 0) is 46.6 Å². The number of halogens is 1. The van der Waals surface area contributed by atoms with Gasteiger partial charge >= 0.3 is 0 Å². The van der Waals surface area contributed by atoms with Gasteiger partial charge in [-0.1, -0.05) is 23.9 Å². The van der Waals surface area contributed by atoms with E-state index in [4.69, 9.17) is 0 Å². The van der Waals surface area contributed by atoms with E-state index in [2.05, 4.69) is 36.7 Å². The molecule has 0 spiro atoms. The van der Waals surface area contributed by atoms with Crippen molar-refractivity contribution in [2.45, 2.75) is 17.0 Å². The van der Waals surface area contributed by atoms with E-state index >= 15 is 0 Å². The number of nitrogens with zero attached hydrogens (tertiary/aromatic N) is 1. The number of amides is 2. The number of hydrazine groups is 1. The molecule has 0 radical (unpaired) electrons. The molecule has 0 atom stereocenters. The normalized spacial score (nSPS) is 10.5. The van der Waals surface area contributed by atoms with Gasteiger partial charge < -0.3 is 4.98 Å². The van der Waals surface area contributed by atoms with Crippen molar-refractivity contribution in [1.82, 2.24) is 20.8 Å². The van der Waals surface area contributed by atoms with Crippen molar-refractivity contribution < 1.29 is 9.59 Å². The van der Waals surface area contributed by atoms with E-state index in [1.165, 1.54) is 0 Å². The van der Waals surface area contributed by atoms with Crippen LogP contribution in [0.1, 0.15) is 32.1 Å². The van der Waals surface area contributed by atoms with Crippen LogP contribution in [0.25, 0.3) is 0 Å². The Balaban J connectivity index is 1.50. The Morgan fingerprint density at radius 2 is 1.96 bits per heavy atom. The largest absolute Gasteiger partial charge is 0.356 e. The van der Waals surface area contributed by atoms with Crippen LogP contribution < -0.4 is 10.9 Å². The number of carbonyl (C=O) groups is 2. The number of thioether (sulfide) groups is 1. The minimum absolute atomic E-state index is 0.349. The van der Waals surface area contributed by atoms with Gasteiger partial charge in [-0.15, -0.1) is 11.3 Å². The van der Waals surface area contributed by atoms with E-state index in [-0.39, 0.29) is 5.91 Å². The third-order valence-electron chi connectivity index (χ3n) is 3.36. The molecule has 0 aliphatic rings. The number of H-pyrrole nitrogens is 1. The lowest BCUT2D eigenvalue weighted by molar-refractivity contribution is 0.0844. The Morgan fingerprint density at radius 3 is 2.58 bits per heavy atom. The van der Waals surface area contributed by atoms with Crippen molar-refractivity contribution in [3.63, 3.8) is 0 Å². The molecular weight excluding hydrogens is 436 g/mol. The standard InChI is InChI=1S/C17H15BrN4O2S2/c1-10-8-25-17(20-10)26-9-11-2-4-12(5-3-11)15(23)21-22-16(24)14-6-13(18)7-19-14/h2-8,19H,9H2,1H3,(H,21,23)(H,22,24). The molecule has 0 unspecified atom stereocenters. The molecule has 0 saturated carbocycles. The Morgan fingerprint density at radius 1 is 1.23 bits per heavy atom. The maximum atomic E-state index is 12.1. The van der Waals surface area contributed by atoms with Crippen LogP contribution in [0.4, 0.5) is 0 Å². The van der Waals surface area contributed by atoms with Gasteiger partial charge in [0.2, 0.25) is 0 Å². The fourth-order valence-corrected chi connectivity index (χ4v) is 4.20. The average molecular weight is 451 g/mol. The van der Waals surface area contributed by atoms with Crippen LogP contribution >= 0.6 is 39.0 Å². The van der Waals surface area contributed by atoms with Crippen LogP contribution in [0.5, 0.6) is 0 Å². The first-order chi connectivity index (χ1) is 12.5. The summed E-state index contributed by atoms with van der Waals surface area (Å²) >= 11 is 6.54. The zero-order valence-corrected chi connectivity index (χ0v) is 16.9. The van der Waals surface area contributed by atoms with Gasteiger partial charge in [0.05, 0.1) is 0 Å². The van der Waals surface area contributed by atoms with E-state index in [1.807, 2.05) is 24.4 Å². The summed E-state index contributed by atoms with van der Waals surface area (Å²) in [7, 11) is 0. The number of aryl methyl sites for hydroxylation is 1. The lowest BCUT2D eigenvalue weighted by Gasteiger charge is -2.07. The van der Waals surface area contributed by atoms with Crippen molar-refractivity contribution in [3.05, 3.63) is 68.9 Å². The molecule has 3 rings (SSSR count). The molecule has 134 valence electrons. The molecular formula is C17H15BrN4O2S2. The molecule has 0 saturated heterocycles. The number of carbonyl (C=O) groups excluding carboxylic acids is 2. The molecule has 2 heterocycles. The smallest absolute Gasteiger partial charge is 0.286 e. The fourth-order valence-electron chi connectivity index (χ4n) is 2.05. The molecule has 0 bridgehead atoms. The van der Waals surface area contributed by atoms with Crippen molar-refractivity contribution >= 4 is 50.8 Å². The van der Waals surface area contributed by atoms with E-state index in [0.717, 1.165) is 25.8 Å². The molecule has 2 aromatic heterocycles. The second-order valence-corrected chi connectivity index (χ2v) is 8.38. The molecule has 3 aromatic rings. The van der Waals surface area contributed by atoms with Crippen LogP contribution in [0, 0.1) is 6.92 Å². The van der Waals surface area contributed by atoms with Crippen molar-refractivity contribution in [1.29, 1.82) is 0 Å². The van der Waals surface area contributed by atoms with E-state index in [0.29, 0.717) is 11.3 Å². The summed E-state index contributed by atoms with van der Waals surface area (Å²) < 4.78 is 1.79. The Labute approximate surface area is 166 Å². The molecule has 0 fully saturated rings. The summed E-state index contributed by atoms with van der Waals surface area (Å²) in [4.78, 5) is 31.2. The summed E-state index contributed by atoms with van der Waals surface area (Å²) in [6.07, 6.45) is 1.64. The van der Waals surface area contributed by atoms with Gasteiger partial charge in [-0.25, -0.2) is 4.98 Å². The minimum atomic E-state index is -0.421. The number of hydrogen-bond donors (Lipinski definition) is 3. The van der Waals surface area contributed by atoms with Gasteiger partial charge in [-0.2, -0.15) is 0 Å². The van der Waals surface area contributed by atoms with Crippen molar-refractivity contribution in [2.75, 3.05) is 0 Å². The Kier molecular flexibility index (Phi) is 6.12. The number of benzene rings is 1. The maximum absolute atomic E-state index is 12.1. The summed E-state index contributed by atoms with van der Waals surface area (Å²) in [5.41, 5.74) is 7.71. The van der Waals surface area contributed by atoms with Crippen molar-refractivity contribution in [3.8, 4) is 0 Å². The number of aromatic nitrogens is 2. The highest BCUT2D eigenvalue weighted by Crippen LogP contribution is 2.26. The van der Waals surface area contributed by atoms with Gasteiger partial charge in [0, 0.05) is 33.1 Å². The Bertz CT molecular complexity index is 921. The predicted octanol–water partition coefficient (Wildman–Crippen LogP) is 3.91. The third kappa shape index (κ3) is 4.96. The van der Waals surface area contributed by atoms with Crippen molar-refractivity contribution in [2.24, 2.45) is 0 Å². The Hall–Kier alpha value is -2.10. The molecule has 26 heavy (non-hydrogen) atoms. The zero-order valence-electron chi connectivity index (χ0n) is 13.7. The number of nitrogens with one attached hydrogen (secondary N) is 3. The molecule has 3 N–H and O–H groups in total. The first-order valence-electron chi connectivity index (χ1n) is 7.60. The molecule has 0 aliphatic heterocycles. The van der Waals surface area contributed by atoms with Gasteiger partial charge in [0.1, 0.15) is 10.0 Å². The van der Waals surface area contributed by atoms with E-state index < -0.39 is 5.91 Å². The number of aromatic amines is 1. The lowest BCUT2D eigenvalue weighted by Crippen LogP contribution is -2.41. The second-order valence-electron chi connectivity index (χ2n) is 5.38. The van der Waals surface area contributed by atoms with Gasteiger partial charge in [0.15, 0.2) is 0 Å². The molecule has 9 heteroatoms. The van der Waals surface area contributed by atoms with E-state index in [9.17, 15) is 9.59 Å². The quantitative estimate of drug-likeness (QED) is 0.406. The average Bonchev–Trinajstić information content (AvgIpc) is 3.26. The summed E-state index contributed by atoms with van der Waals surface area (Å²) in [6.45, 7) is 1.97. The lowest BCUT2D eigenvalue weighted by atomic mass is 10.1. The zero-order chi connectivity index (χ0) is 18.5.